The molecule has 0 aliphatic heterocycles. The Morgan fingerprint density at radius 2 is 2.07 bits per heavy atom. The van der Waals surface area contributed by atoms with Crippen LogP contribution < -0.4 is 5.32 Å². The van der Waals surface area contributed by atoms with Crippen molar-refractivity contribution < 1.29 is 4.79 Å². The maximum Gasteiger partial charge on any atom is 0.221 e. The van der Waals surface area contributed by atoms with E-state index < -0.39 is 0 Å². The first-order valence-corrected chi connectivity index (χ1v) is 9.56. The number of hydrogen-bond donors (Lipinski definition) is 2. The molecule has 0 saturated carbocycles. The van der Waals surface area contributed by atoms with Gasteiger partial charge < -0.3 is 14.9 Å². The number of carbonyl (C=O) groups is 1. The second-order valence-corrected chi connectivity index (χ2v) is 7.31. The minimum atomic E-state index is 0.0716. The molecular formula is C22H22ClN3O. The summed E-state index contributed by atoms with van der Waals surface area (Å²) in [4.78, 5) is 15.5. The molecule has 0 saturated heterocycles. The van der Waals surface area contributed by atoms with Crippen molar-refractivity contribution in [2.24, 2.45) is 0 Å². The van der Waals surface area contributed by atoms with Gasteiger partial charge in [-0.1, -0.05) is 23.7 Å². The molecule has 0 atom stereocenters. The van der Waals surface area contributed by atoms with Crippen molar-refractivity contribution >= 4 is 39.3 Å². The van der Waals surface area contributed by atoms with Gasteiger partial charge >= 0.3 is 0 Å². The van der Waals surface area contributed by atoms with Crippen molar-refractivity contribution in [3.63, 3.8) is 0 Å². The van der Waals surface area contributed by atoms with E-state index >= 15 is 0 Å². The van der Waals surface area contributed by atoms with E-state index in [0.717, 1.165) is 22.3 Å². The number of aromatic nitrogens is 2. The monoisotopic (exact) mass is 379 g/mol. The summed E-state index contributed by atoms with van der Waals surface area (Å²) in [6.07, 6.45) is 5.29. The lowest BCUT2D eigenvalue weighted by atomic mass is 10.1. The van der Waals surface area contributed by atoms with Crippen LogP contribution >= 0.6 is 11.6 Å². The highest BCUT2D eigenvalue weighted by atomic mass is 35.5. The third kappa shape index (κ3) is 3.71. The molecule has 0 aliphatic carbocycles. The van der Waals surface area contributed by atoms with Gasteiger partial charge in [0, 0.05) is 58.7 Å². The molecule has 4 rings (SSSR count). The normalized spacial score (nSPS) is 11.3. The summed E-state index contributed by atoms with van der Waals surface area (Å²) in [7, 11) is 0. The van der Waals surface area contributed by atoms with Crippen LogP contribution in [0, 0.1) is 6.92 Å². The number of carbonyl (C=O) groups excluding carboxylic acids is 1. The Bertz CT molecular complexity index is 1110. The predicted octanol–water partition coefficient (Wildman–Crippen LogP) is 4.83. The second kappa shape index (κ2) is 7.49. The molecule has 0 radical (unpaired) electrons. The van der Waals surface area contributed by atoms with E-state index in [4.69, 9.17) is 11.6 Å². The average molecular weight is 380 g/mol. The molecule has 4 nitrogen and oxygen atoms in total. The number of nitrogens with zero attached hydrogens (tertiary/aromatic N) is 1. The van der Waals surface area contributed by atoms with Crippen LogP contribution in [0.4, 0.5) is 0 Å². The lowest BCUT2D eigenvalue weighted by Crippen LogP contribution is -2.26. The standard InChI is InChI=1S/C22H22ClN3O/c1-15-3-2-4-21-18(15)8-11-26(21)12-9-22(27)24-10-7-16-14-25-20-6-5-17(23)13-19(16)20/h2-6,8,11,13-14,25H,7,9-10,12H2,1H3,(H,24,27). The lowest BCUT2D eigenvalue weighted by molar-refractivity contribution is -0.121. The molecule has 27 heavy (non-hydrogen) atoms. The van der Waals surface area contributed by atoms with Gasteiger partial charge in [-0.2, -0.15) is 0 Å². The van der Waals surface area contributed by atoms with Gasteiger partial charge in [-0.3, -0.25) is 4.79 Å². The van der Waals surface area contributed by atoms with Crippen LogP contribution in [-0.4, -0.2) is 22.0 Å². The van der Waals surface area contributed by atoms with E-state index in [1.54, 1.807) is 0 Å². The number of fused-ring (bicyclic) bond motifs is 2. The van der Waals surface area contributed by atoms with E-state index in [2.05, 4.69) is 52.3 Å². The highest BCUT2D eigenvalue weighted by molar-refractivity contribution is 6.31. The molecule has 2 aromatic carbocycles. The summed E-state index contributed by atoms with van der Waals surface area (Å²) in [5, 5.41) is 6.11. The summed E-state index contributed by atoms with van der Waals surface area (Å²) in [5.74, 6) is 0.0716. The van der Waals surface area contributed by atoms with Crippen molar-refractivity contribution in [3.8, 4) is 0 Å². The molecule has 0 bridgehead atoms. The van der Waals surface area contributed by atoms with Gasteiger partial charge in [-0.25, -0.2) is 0 Å². The second-order valence-electron chi connectivity index (χ2n) is 6.87. The smallest absolute Gasteiger partial charge is 0.221 e. The van der Waals surface area contributed by atoms with Gasteiger partial charge in [0.2, 0.25) is 5.91 Å². The highest BCUT2D eigenvalue weighted by Gasteiger charge is 2.08. The first-order chi connectivity index (χ1) is 13.1. The summed E-state index contributed by atoms with van der Waals surface area (Å²) < 4.78 is 2.14. The van der Waals surface area contributed by atoms with Crippen molar-refractivity contribution in [3.05, 3.63) is 71.0 Å². The topological polar surface area (TPSA) is 49.8 Å². The van der Waals surface area contributed by atoms with Crippen LogP contribution in [-0.2, 0) is 17.8 Å². The minimum absolute atomic E-state index is 0.0716. The number of nitrogens with one attached hydrogen (secondary N) is 2. The zero-order valence-electron chi connectivity index (χ0n) is 15.3. The molecule has 4 aromatic rings. The number of aryl methyl sites for hydroxylation is 2. The molecule has 0 fully saturated rings. The fraction of sp³-hybridized carbons (Fsp3) is 0.227. The zero-order valence-corrected chi connectivity index (χ0v) is 16.0. The number of benzene rings is 2. The molecule has 1 amide bonds. The van der Waals surface area contributed by atoms with Crippen molar-refractivity contribution in [1.82, 2.24) is 14.9 Å². The number of hydrogen-bond acceptors (Lipinski definition) is 1. The number of H-pyrrole nitrogens is 1. The van der Waals surface area contributed by atoms with Crippen molar-refractivity contribution in [1.29, 1.82) is 0 Å². The zero-order chi connectivity index (χ0) is 18.8. The Morgan fingerprint density at radius 3 is 2.96 bits per heavy atom. The molecule has 0 unspecified atom stereocenters. The third-order valence-electron chi connectivity index (χ3n) is 5.06. The molecule has 2 aromatic heterocycles. The van der Waals surface area contributed by atoms with Gasteiger partial charge in [0.15, 0.2) is 0 Å². The fourth-order valence-electron chi connectivity index (χ4n) is 3.58. The minimum Gasteiger partial charge on any atom is -0.361 e. The first kappa shape index (κ1) is 17.7. The van der Waals surface area contributed by atoms with Gasteiger partial charge in [0.1, 0.15) is 0 Å². The van der Waals surface area contributed by atoms with Gasteiger partial charge in [0.05, 0.1) is 0 Å². The van der Waals surface area contributed by atoms with Crippen LogP contribution in [0.1, 0.15) is 17.5 Å². The van der Waals surface area contributed by atoms with Crippen LogP contribution in [0.2, 0.25) is 5.02 Å². The van der Waals surface area contributed by atoms with E-state index in [0.29, 0.717) is 19.5 Å². The van der Waals surface area contributed by atoms with Crippen LogP contribution in [0.5, 0.6) is 0 Å². The summed E-state index contributed by atoms with van der Waals surface area (Å²) in [6.45, 7) is 3.41. The number of amides is 1. The lowest BCUT2D eigenvalue weighted by Gasteiger charge is -2.07. The van der Waals surface area contributed by atoms with E-state index in [-0.39, 0.29) is 5.91 Å². The maximum atomic E-state index is 12.2. The van der Waals surface area contributed by atoms with Crippen LogP contribution in [0.3, 0.4) is 0 Å². The Balaban J connectivity index is 1.32. The molecule has 2 heterocycles. The number of halogens is 1. The number of aromatic amines is 1. The first-order valence-electron chi connectivity index (χ1n) is 9.18. The molecular weight excluding hydrogens is 358 g/mol. The highest BCUT2D eigenvalue weighted by Crippen LogP contribution is 2.22. The van der Waals surface area contributed by atoms with Crippen LogP contribution in [0.25, 0.3) is 21.8 Å². The van der Waals surface area contributed by atoms with E-state index in [1.165, 1.54) is 22.0 Å². The Kier molecular flexibility index (Phi) is 4.90. The Labute approximate surface area is 163 Å². The summed E-state index contributed by atoms with van der Waals surface area (Å²) in [6, 6.07) is 14.2. The van der Waals surface area contributed by atoms with Crippen molar-refractivity contribution in [2.45, 2.75) is 26.3 Å². The van der Waals surface area contributed by atoms with Crippen LogP contribution in [0.15, 0.2) is 54.9 Å². The Hall–Kier alpha value is -2.72. The van der Waals surface area contributed by atoms with E-state index in [1.807, 2.05) is 24.4 Å². The van der Waals surface area contributed by atoms with E-state index in [9.17, 15) is 4.79 Å². The van der Waals surface area contributed by atoms with Crippen molar-refractivity contribution in [2.75, 3.05) is 6.54 Å². The number of rotatable bonds is 6. The predicted molar refractivity (Wildman–Crippen MR) is 111 cm³/mol. The average Bonchev–Trinajstić information content (AvgIpc) is 3.25. The maximum absolute atomic E-state index is 12.2. The molecule has 2 N–H and O–H groups in total. The molecule has 0 aliphatic rings. The SMILES string of the molecule is Cc1cccc2c1ccn2CCC(=O)NCCc1c[nH]c2ccc(Cl)cc12. The largest absolute Gasteiger partial charge is 0.361 e. The van der Waals surface area contributed by atoms with Gasteiger partial charge in [0.25, 0.3) is 0 Å². The quantitative estimate of drug-likeness (QED) is 0.495. The summed E-state index contributed by atoms with van der Waals surface area (Å²) >= 11 is 6.09. The third-order valence-corrected chi connectivity index (χ3v) is 5.29. The van der Waals surface area contributed by atoms with Gasteiger partial charge in [-0.15, -0.1) is 0 Å². The summed E-state index contributed by atoms with van der Waals surface area (Å²) in [5.41, 5.74) is 4.67. The molecule has 138 valence electrons. The fourth-order valence-corrected chi connectivity index (χ4v) is 3.75. The molecule has 0 spiro atoms. The molecule has 5 heteroatoms. The Morgan fingerprint density at radius 1 is 1.19 bits per heavy atom. The van der Waals surface area contributed by atoms with Gasteiger partial charge in [-0.05, 0) is 54.8 Å².